The fourth-order valence-electron chi connectivity index (χ4n) is 2.43. The Hall–Kier alpha value is -2.14. The van der Waals surface area contributed by atoms with Crippen molar-refractivity contribution in [2.45, 2.75) is 12.2 Å². The normalized spacial score (nSPS) is 13.7. The lowest BCUT2D eigenvalue weighted by molar-refractivity contribution is 0.0330. The van der Waals surface area contributed by atoms with Crippen LogP contribution >= 0.6 is 11.6 Å². The molecule has 0 spiro atoms. The van der Waals surface area contributed by atoms with Gasteiger partial charge in [0.1, 0.15) is 6.10 Å². The number of hydrogen-bond acceptors (Lipinski definition) is 3. The molecule has 0 bridgehead atoms. The van der Waals surface area contributed by atoms with Crippen molar-refractivity contribution in [3.05, 3.63) is 72.4 Å². The molecule has 2 unspecified atom stereocenters. The highest BCUT2D eigenvalue weighted by atomic mass is 35.5. The largest absolute Gasteiger partial charge is 0.389 e. The van der Waals surface area contributed by atoms with E-state index in [2.05, 4.69) is 5.10 Å². The van der Waals surface area contributed by atoms with Gasteiger partial charge in [-0.25, -0.2) is 4.68 Å². The first-order valence-corrected chi connectivity index (χ1v) is 7.86. The first-order chi connectivity index (χ1) is 11.2. The fourth-order valence-corrected chi connectivity index (χ4v) is 2.60. The average Bonchev–Trinajstić information content (AvgIpc) is 3.07. The van der Waals surface area contributed by atoms with E-state index in [1.54, 1.807) is 10.9 Å². The average molecular weight is 329 g/mol. The van der Waals surface area contributed by atoms with Crippen LogP contribution in [0.15, 0.2) is 66.9 Å². The summed E-state index contributed by atoms with van der Waals surface area (Å²) in [6, 6.07) is 19.2. The quantitative estimate of drug-likeness (QED) is 0.707. The predicted octanol–water partition coefficient (Wildman–Crippen LogP) is 3.17. The number of para-hydroxylation sites is 1. The lowest BCUT2D eigenvalue weighted by atomic mass is 10.0. The van der Waals surface area contributed by atoms with Crippen LogP contribution < -0.4 is 0 Å². The molecule has 3 rings (SSSR count). The molecule has 0 saturated heterocycles. The summed E-state index contributed by atoms with van der Waals surface area (Å²) in [6.07, 6.45) is -0.411. The van der Waals surface area contributed by atoms with Gasteiger partial charge in [-0.2, -0.15) is 5.10 Å². The van der Waals surface area contributed by atoms with Crippen LogP contribution in [-0.2, 0) is 0 Å². The van der Waals surface area contributed by atoms with Crippen LogP contribution in [0.4, 0.5) is 0 Å². The summed E-state index contributed by atoms with van der Waals surface area (Å²) in [5.41, 5.74) is 2.93. The second-order valence-corrected chi connectivity index (χ2v) is 5.55. The van der Waals surface area contributed by atoms with Crippen molar-refractivity contribution in [2.24, 2.45) is 0 Å². The predicted molar refractivity (Wildman–Crippen MR) is 90.7 cm³/mol. The molecule has 0 aliphatic heterocycles. The van der Waals surface area contributed by atoms with Crippen LogP contribution in [-0.4, -0.2) is 32.0 Å². The minimum absolute atomic E-state index is 0.0497. The summed E-state index contributed by atoms with van der Waals surface area (Å²) >= 11 is 5.68. The van der Waals surface area contributed by atoms with Gasteiger partial charge >= 0.3 is 0 Å². The fraction of sp³-hybridized carbons (Fsp3) is 0.167. The zero-order valence-electron chi connectivity index (χ0n) is 12.4. The van der Waals surface area contributed by atoms with E-state index in [4.69, 9.17) is 11.6 Å². The first kappa shape index (κ1) is 15.7. The number of benzene rings is 2. The maximum absolute atomic E-state index is 10.4. The van der Waals surface area contributed by atoms with E-state index < -0.39 is 12.2 Å². The Morgan fingerprint density at radius 1 is 0.957 bits per heavy atom. The van der Waals surface area contributed by atoms with Crippen molar-refractivity contribution in [3.8, 4) is 16.9 Å². The third kappa shape index (κ3) is 3.29. The van der Waals surface area contributed by atoms with Crippen LogP contribution in [0.5, 0.6) is 0 Å². The highest BCUT2D eigenvalue weighted by Crippen LogP contribution is 2.30. The number of alkyl halides is 1. The van der Waals surface area contributed by atoms with E-state index in [9.17, 15) is 10.2 Å². The van der Waals surface area contributed by atoms with Crippen LogP contribution in [0.1, 0.15) is 11.7 Å². The zero-order chi connectivity index (χ0) is 16.2. The second-order valence-electron chi connectivity index (χ2n) is 5.25. The summed E-state index contributed by atoms with van der Waals surface area (Å²) in [5.74, 6) is -0.0497. The van der Waals surface area contributed by atoms with Gasteiger partial charge in [-0.1, -0.05) is 48.5 Å². The number of nitrogens with zero attached hydrogens (tertiary/aromatic N) is 2. The minimum atomic E-state index is -1.10. The van der Waals surface area contributed by atoms with Crippen molar-refractivity contribution < 1.29 is 10.2 Å². The topological polar surface area (TPSA) is 58.3 Å². The molecule has 118 valence electrons. The highest BCUT2D eigenvalue weighted by molar-refractivity contribution is 6.18. The van der Waals surface area contributed by atoms with E-state index in [0.29, 0.717) is 11.3 Å². The first-order valence-electron chi connectivity index (χ1n) is 7.33. The molecule has 0 aliphatic rings. The Bertz CT molecular complexity index is 759. The molecule has 0 radical (unpaired) electrons. The molecule has 3 aromatic rings. The number of aromatic nitrogens is 2. The van der Waals surface area contributed by atoms with Gasteiger partial charge in [-0.05, 0) is 12.1 Å². The molecule has 1 aromatic heterocycles. The van der Waals surface area contributed by atoms with Crippen LogP contribution in [0.25, 0.3) is 16.9 Å². The van der Waals surface area contributed by atoms with Crippen molar-refractivity contribution in [1.29, 1.82) is 0 Å². The van der Waals surface area contributed by atoms with E-state index in [1.807, 2.05) is 60.7 Å². The molecular formula is C18H17ClN2O2. The van der Waals surface area contributed by atoms with Crippen molar-refractivity contribution in [2.75, 3.05) is 5.88 Å². The lowest BCUT2D eigenvalue weighted by Gasteiger charge is -2.15. The maximum Gasteiger partial charge on any atom is 0.110 e. The molecule has 4 nitrogen and oxygen atoms in total. The van der Waals surface area contributed by atoms with Gasteiger partial charge in [-0.3, -0.25) is 0 Å². The van der Waals surface area contributed by atoms with Gasteiger partial charge in [0, 0.05) is 17.3 Å². The molecule has 0 saturated carbocycles. The molecule has 0 aliphatic carbocycles. The standard InChI is InChI=1S/C18H17ClN2O2/c19-11-16(22)18(23)15-12-21(14-9-5-2-6-10-14)20-17(15)13-7-3-1-4-8-13/h1-10,12,16,18,22-23H,11H2. The summed E-state index contributed by atoms with van der Waals surface area (Å²) < 4.78 is 1.70. The molecule has 2 aromatic carbocycles. The molecule has 23 heavy (non-hydrogen) atoms. The molecule has 0 amide bonds. The van der Waals surface area contributed by atoms with Gasteiger partial charge in [0.15, 0.2) is 0 Å². The SMILES string of the molecule is OC(CCl)C(O)c1cn(-c2ccccc2)nc1-c1ccccc1. The number of rotatable bonds is 5. The number of hydrogen-bond donors (Lipinski definition) is 2. The molecule has 1 heterocycles. The third-order valence-electron chi connectivity index (χ3n) is 3.65. The number of aliphatic hydroxyl groups excluding tert-OH is 2. The summed E-state index contributed by atoms with van der Waals surface area (Å²) in [5, 5.41) is 24.9. The Balaban J connectivity index is 2.11. The maximum atomic E-state index is 10.4. The van der Waals surface area contributed by atoms with E-state index >= 15 is 0 Å². The second kappa shape index (κ2) is 6.96. The van der Waals surface area contributed by atoms with Gasteiger partial charge in [0.2, 0.25) is 0 Å². The lowest BCUT2D eigenvalue weighted by Crippen LogP contribution is -2.19. The molecule has 2 N–H and O–H groups in total. The minimum Gasteiger partial charge on any atom is -0.389 e. The van der Waals surface area contributed by atoms with Crippen LogP contribution in [0.2, 0.25) is 0 Å². The van der Waals surface area contributed by atoms with Gasteiger partial charge in [0.05, 0.1) is 23.4 Å². The Morgan fingerprint density at radius 2 is 1.57 bits per heavy atom. The Morgan fingerprint density at radius 3 is 2.17 bits per heavy atom. The number of halogens is 1. The van der Waals surface area contributed by atoms with Gasteiger partial charge in [-0.15, -0.1) is 11.6 Å². The van der Waals surface area contributed by atoms with E-state index in [0.717, 1.165) is 11.3 Å². The van der Waals surface area contributed by atoms with Gasteiger partial charge < -0.3 is 10.2 Å². The molecule has 2 atom stereocenters. The zero-order valence-corrected chi connectivity index (χ0v) is 13.1. The van der Waals surface area contributed by atoms with Crippen LogP contribution in [0.3, 0.4) is 0 Å². The summed E-state index contributed by atoms with van der Waals surface area (Å²) in [6.45, 7) is 0. The summed E-state index contributed by atoms with van der Waals surface area (Å²) in [4.78, 5) is 0. The van der Waals surface area contributed by atoms with Gasteiger partial charge in [0.25, 0.3) is 0 Å². The van der Waals surface area contributed by atoms with E-state index in [1.165, 1.54) is 0 Å². The summed E-state index contributed by atoms with van der Waals surface area (Å²) in [7, 11) is 0. The smallest absolute Gasteiger partial charge is 0.110 e. The Labute approximate surface area is 139 Å². The number of aliphatic hydroxyl groups is 2. The molecule has 5 heteroatoms. The third-order valence-corrected chi connectivity index (χ3v) is 3.97. The highest BCUT2D eigenvalue weighted by Gasteiger charge is 2.24. The Kier molecular flexibility index (Phi) is 4.76. The van der Waals surface area contributed by atoms with Crippen molar-refractivity contribution in [1.82, 2.24) is 9.78 Å². The van der Waals surface area contributed by atoms with Crippen molar-refractivity contribution >= 4 is 11.6 Å². The molecule has 0 fully saturated rings. The van der Waals surface area contributed by atoms with Crippen LogP contribution in [0, 0.1) is 0 Å². The van der Waals surface area contributed by atoms with Crippen molar-refractivity contribution in [3.63, 3.8) is 0 Å². The van der Waals surface area contributed by atoms with E-state index in [-0.39, 0.29) is 5.88 Å². The molecular weight excluding hydrogens is 312 g/mol. The monoisotopic (exact) mass is 328 g/mol.